The number of nitrogens with zero attached hydrogens (tertiary/aromatic N) is 4. The molecule has 1 saturated heterocycles. The van der Waals surface area contributed by atoms with Crippen molar-refractivity contribution in [2.24, 2.45) is 0 Å². The Balaban J connectivity index is 1.39. The number of hydrogen-bond donors (Lipinski definition) is 0. The van der Waals surface area contributed by atoms with Crippen LogP contribution in [-0.2, 0) is 0 Å². The van der Waals surface area contributed by atoms with E-state index >= 15 is 0 Å². The highest BCUT2D eigenvalue weighted by Gasteiger charge is 2.28. The molecular formula is C19H24N4O. The Morgan fingerprint density at radius 2 is 1.71 bits per heavy atom. The second-order valence-electron chi connectivity index (χ2n) is 6.78. The summed E-state index contributed by atoms with van der Waals surface area (Å²) in [6.45, 7) is 3.66. The first-order valence-corrected chi connectivity index (χ1v) is 8.95. The monoisotopic (exact) mass is 324 g/mol. The summed E-state index contributed by atoms with van der Waals surface area (Å²) in [4.78, 5) is 17.3. The standard InChI is InChI=1S/C19H24N4O/c24-19(16-14-20-23(15-16)18-8-2-1-3-9-18)22-12-10-21(11-13-22)17-6-4-5-7-17/h1-3,8-9,14-15,17H,4-7,10-13H2. The zero-order valence-corrected chi connectivity index (χ0v) is 14.0. The topological polar surface area (TPSA) is 41.4 Å². The third-order valence-electron chi connectivity index (χ3n) is 5.29. The molecule has 126 valence electrons. The van der Waals surface area contributed by atoms with Crippen LogP contribution in [0.3, 0.4) is 0 Å². The molecule has 24 heavy (non-hydrogen) atoms. The quantitative estimate of drug-likeness (QED) is 0.871. The Morgan fingerprint density at radius 3 is 2.42 bits per heavy atom. The van der Waals surface area contributed by atoms with Crippen LogP contribution in [0.4, 0.5) is 0 Å². The third-order valence-corrected chi connectivity index (χ3v) is 5.29. The zero-order valence-electron chi connectivity index (χ0n) is 14.0. The Kier molecular flexibility index (Phi) is 4.34. The molecule has 1 aliphatic carbocycles. The van der Waals surface area contributed by atoms with E-state index in [2.05, 4.69) is 10.00 Å². The molecule has 1 aliphatic heterocycles. The summed E-state index contributed by atoms with van der Waals surface area (Å²) in [5, 5.41) is 4.34. The molecule has 2 fully saturated rings. The van der Waals surface area contributed by atoms with Gasteiger partial charge in [0.25, 0.3) is 5.91 Å². The molecule has 2 aromatic rings. The van der Waals surface area contributed by atoms with E-state index < -0.39 is 0 Å². The largest absolute Gasteiger partial charge is 0.336 e. The fraction of sp³-hybridized carbons (Fsp3) is 0.474. The minimum Gasteiger partial charge on any atom is -0.336 e. The molecule has 5 nitrogen and oxygen atoms in total. The summed E-state index contributed by atoms with van der Waals surface area (Å²) in [5.41, 5.74) is 1.65. The van der Waals surface area contributed by atoms with E-state index in [9.17, 15) is 4.79 Å². The van der Waals surface area contributed by atoms with Crippen molar-refractivity contribution in [3.8, 4) is 5.69 Å². The van der Waals surface area contributed by atoms with Crippen LogP contribution >= 0.6 is 0 Å². The van der Waals surface area contributed by atoms with E-state index in [-0.39, 0.29) is 5.91 Å². The van der Waals surface area contributed by atoms with Gasteiger partial charge >= 0.3 is 0 Å². The second kappa shape index (κ2) is 6.77. The van der Waals surface area contributed by atoms with Crippen molar-refractivity contribution in [1.29, 1.82) is 0 Å². The van der Waals surface area contributed by atoms with Gasteiger partial charge < -0.3 is 4.90 Å². The van der Waals surface area contributed by atoms with Gasteiger partial charge in [0.2, 0.25) is 0 Å². The highest BCUT2D eigenvalue weighted by Crippen LogP contribution is 2.24. The van der Waals surface area contributed by atoms with E-state index in [1.165, 1.54) is 25.7 Å². The number of piperazine rings is 1. The third kappa shape index (κ3) is 3.08. The van der Waals surface area contributed by atoms with Crippen LogP contribution in [0.2, 0.25) is 0 Å². The minimum absolute atomic E-state index is 0.100. The molecule has 1 aromatic carbocycles. The lowest BCUT2D eigenvalue weighted by Gasteiger charge is -2.37. The highest BCUT2D eigenvalue weighted by atomic mass is 16.2. The van der Waals surface area contributed by atoms with E-state index in [4.69, 9.17) is 0 Å². The highest BCUT2D eigenvalue weighted by molar-refractivity contribution is 5.93. The van der Waals surface area contributed by atoms with Gasteiger partial charge in [0.05, 0.1) is 17.4 Å². The van der Waals surface area contributed by atoms with Gasteiger partial charge in [0.15, 0.2) is 0 Å². The Morgan fingerprint density at radius 1 is 1.00 bits per heavy atom. The molecule has 0 radical (unpaired) electrons. The fourth-order valence-electron chi connectivity index (χ4n) is 3.90. The van der Waals surface area contributed by atoms with Crippen molar-refractivity contribution < 1.29 is 4.79 Å². The first-order valence-electron chi connectivity index (χ1n) is 8.95. The maximum atomic E-state index is 12.7. The SMILES string of the molecule is O=C(c1cnn(-c2ccccc2)c1)N1CCN(C2CCCC2)CC1. The van der Waals surface area contributed by atoms with Crippen LogP contribution in [0.25, 0.3) is 5.69 Å². The van der Waals surface area contributed by atoms with Crippen LogP contribution in [0.1, 0.15) is 36.0 Å². The molecule has 1 saturated carbocycles. The molecular weight excluding hydrogens is 300 g/mol. The summed E-state index contributed by atoms with van der Waals surface area (Å²) >= 11 is 0. The van der Waals surface area contributed by atoms with Crippen molar-refractivity contribution in [2.45, 2.75) is 31.7 Å². The number of carbonyl (C=O) groups is 1. The number of carbonyl (C=O) groups excluding carboxylic acids is 1. The maximum Gasteiger partial charge on any atom is 0.257 e. The van der Waals surface area contributed by atoms with Gasteiger partial charge in [-0.15, -0.1) is 0 Å². The molecule has 1 aromatic heterocycles. The van der Waals surface area contributed by atoms with Gasteiger partial charge in [0, 0.05) is 38.4 Å². The van der Waals surface area contributed by atoms with Crippen molar-refractivity contribution in [3.05, 3.63) is 48.3 Å². The fourth-order valence-corrected chi connectivity index (χ4v) is 3.90. The van der Waals surface area contributed by atoms with Gasteiger partial charge in [-0.25, -0.2) is 4.68 Å². The molecule has 0 bridgehead atoms. The van der Waals surface area contributed by atoms with Gasteiger partial charge in [-0.3, -0.25) is 9.69 Å². The smallest absolute Gasteiger partial charge is 0.257 e. The van der Waals surface area contributed by atoms with Crippen molar-refractivity contribution in [2.75, 3.05) is 26.2 Å². The number of benzene rings is 1. The molecule has 2 heterocycles. The predicted molar refractivity (Wildman–Crippen MR) is 93.3 cm³/mol. The number of hydrogen-bond acceptors (Lipinski definition) is 3. The van der Waals surface area contributed by atoms with E-state index in [1.54, 1.807) is 10.9 Å². The zero-order chi connectivity index (χ0) is 16.4. The van der Waals surface area contributed by atoms with E-state index in [0.717, 1.165) is 37.9 Å². The Hall–Kier alpha value is -2.14. The molecule has 0 unspecified atom stereocenters. The lowest BCUT2D eigenvalue weighted by Crippen LogP contribution is -2.51. The molecule has 5 heteroatoms. The summed E-state index contributed by atoms with van der Waals surface area (Å²) in [6.07, 6.45) is 8.90. The average Bonchev–Trinajstić information content (AvgIpc) is 3.34. The summed E-state index contributed by atoms with van der Waals surface area (Å²) < 4.78 is 1.77. The molecule has 0 atom stereocenters. The van der Waals surface area contributed by atoms with Gasteiger partial charge in [0.1, 0.15) is 0 Å². The van der Waals surface area contributed by atoms with Crippen LogP contribution in [0.5, 0.6) is 0 Å². The molecule has 1 amide bonds. The second-order valence-corrected chi connectivity index (χ2v) is 6.78. The number of rotatable bonds is 3. The first-order chi connectivity index (χ1) is 11.8. The number of aromatic nitrogens is 2. The molecule has 0 spiro atoms. The molecule has 0 N–H and O–H groups in total. The van der Waals surface area contributed by atoms with Gasteiger partial charge in [-0.1, -0.05) is 31.0 Å². The van der Waals surface area contributed by atoms with E-state index in [1.807, 2.05) is 41.4 Å². The Labute approximate surface area is 142 Å². The number of amides is 1. The Bertz CT molecular complexity index is 682. The van der Waals surface area contributed by atoms with Crippen LogP contribution < -0.4 is 0 Å². The lowest BCUT2D eigenvalue weighted by molar-refractivity contribution is 0.0573. The van der Waals surface area contributed by atoms with Crippen molar-refractivity contribution in [1.82, 2.24) is 19.6 Å². The van der Waals surface area contributed by atoms with Gasteiger partial charge in [-0.05, 0) is 25.0 Å². The first kappa shape index (κ1) is 15.4. The van der Waals surface area contributed by atoms with Crippen LogP contribution in [0.15, 0.2) is 42.7 Å². The summed E-state index contributed by atoms with van der Waals surface area (Å²) in [5.74, 6) is 0.100. The summed E-state index contributed by atoms with van der Waals surface area (Å²) in [6, 6.07) is 10.6. The molecule has 4 rings (SSSR count). The van der Waals surface area contributed by atoms with E-state index in [0.29, 0.717) is 5.56 Å². The van der Waals surface area contributed by atoms with Gasteiger partial charge in [-0.2, -0.15) is 5.10 Å². The lowest BCUT2D eigenvalue weighted by atomic mass is 10.1. The maximum absolute atomic E-state index is 12.7. The normalized spacial score (nSPS) is 19.8. The number of para-hydroxylation sites is 1. The van der Waals surface area contributed by atoms with Crippen molar-refractivity contribution in [3.63, 3.8) is 0 Å². The average molecular weight is 324 g/mol. The summed E-state index contributed by atoms with van der Waals surface area (Å²) in [7, 11) is 0. The van der Waals surface area contributed by atoms with Crippen molar-refractivity contribution >= 4 is 5.91 Å². The molecule has 2 aliphatic rings. The van der Waals surface area contributed by atoms with Crippen LogP contribution in [-0.4, -0.2) is 57.7 Å². The predicted octanol–water partition coefficient (Wildman–Crippen LogP) is 2.57. The minimum atomic E-state index is 0.100. The van der Waals surface area contributed by atoms with Crippen LogP contribution in [0, 0.1) is 0 Å².